The number of anilines is 1. The van der Waals surface area contributed by atoms with Gasteiger partial charge in [-0.15, -0.1) is 11.3 Å². The van der Waals surface area contributed by atoms with Gasteiger partial charge < -0.3 is 14.2 Å². The van der Waals surface area contributed by atoms with Gasteiger partial charge in [0.25, 0.3) is 5.91 Å². The number of nitrogens with zero attached hydrogens (tertiary/aromatic N) is 1. The van der Waals surface area contributed by atoms with Crippen LogP contribution in [0.25, 0.3) is 11.3 Å². The Morgan fingerprint density at radius 3 is 2.55 bits per heavy atom. The van der Waals surface area contributed by atoms with E-state index >= 15 is 0 Å². The van der Waals surface area contributed by atoms with Crippen molar-refractivity contribution in [1.29, 1.82) is 0 Å². The van der Waals surface area contributed by atoms with E-state index < -0.39 is 0 Å². The number of carbonyl (C=O) groups excluding carboxylic acids is 1. The zero-order valence-electron chi connectivity index (χ0n) is 18.1. The van der Waals surface area contributed by atoms with Crippen LogP contribution in [0.15, 0.2) is 40.2 Å². The summed E-state index contributed by atoms with van der Waals surface area (Å²) < 4.78 is 17.5. The first kappa shape index (κ1) is 23.1. The van der Waals surface area contributed by atoms with Crippen molar-refractivity contribution in [2.75, 3.05) is 26.1 Å². The molecular formula is C23H25BrN2O4S. The molecule has 1 amide bonds. The number of thiazole rings is 1. The third-order valence-corrected chi connectivity index (χ3v) is 6.31. The maximum atomic E-state index is 12.4. The molecule has 0 bridgehead atoms. The molecule has 0 saturated carbocycles. The molecule has 6 nitrogen and oxygen atoms in total. The fraction of sp³-hybridized carbons (Fsp3) is 0.304. The molecule has 0 spiro atoms. The molecule has 2 aromatic carbocycles. The number of carbonyl (C=O) groups is 1. The molecular weight excluding hydrogens is 480 g/mol. The number of hydrogen-bond acceptors (Lipinski definition) is 6. The lowest BCUT2D eigenvalue weighted by molar-refractivity contribution is -0.118. The van der Waals surface area contributed by atoms with Gasteiger partial charge in [-0.3, -0.25) is 10.1 Å². The van der Waals surface area contributed by atoms with Gasteiger partial charge in [0, 0.05) is 15.4 Å². The molecule has 1 aromatic heterocycles. The molecule has 0 aliphatic heterocycles. The summed E-state index contributed by atoms with van der Waals surface area (Å²) in [5.74, 6) is 2.01. The summed E-state index contributed by atoms with van der Waals surface area (Å²) in [6.45, 7) is 6.09. The Hall–Kier alpha value is -2.58. The highest BCUT2D eigenvalue weighted by Gasteiger charge is 2.14. The normalized spacial score (nSPS) is 10.8. The number of ether oxygens (including phenoxy) is 3. The van der Waals surface area contributed by atoms with Gasteiger partial charge in [-0.1, -0.05) is 29.8 Å². The number of aryl methyl sites for hydroxylation is 1. The number of nitrogens with one attached hydrogen (secondary N) is 1. The lowest BCUT2D eigenvalue weighted by Crippen LogP contribution is -2.20. The molecule has 0 fully saturated rings. The summed E-state index contributed by atoms with van der Waals surface area (Å²) in [6.07, 6.45) is 0. The minimum absolute atomic E-state index is 0.0912. The average Bonchev–Trinajstić information content (AvgIpc) is 3.21. The van der Waals surface area contributed by atoms with Crippen molar-refractivity contribution in [3.8, 4) is 28.5 Å². The first-order valence-electron chi connectivity index (χ1n) is 9.73. The molecule has 0 aliphatic rings. The van der Waals surface area contributed by atoms with E-state index in [1.54, 1.807) is 14.2 Å². The van der Waals surface area contributed by atoms with Crippen LogP contribution in [0.1, 0.15) is 30.9 Å². The molecule has 0 radical (unpaired) electrons. The van der Waals surface area contributed by atoms with Crippen LogP contribution >= 0.6 is 27.3 Å². The van der Waals surface area contributed by atoms with E-state index in [0.717, 1.165) is 32.6 Å². The van der Waals surface area contributed by atoms with Gasteiger partial charge in [0.2, 0.25) is 0 Å². The maximum Gasteiger partial charge on any atom is 0.264 e. The Morgan fingerprint density at radius 2 is 1.87 bits per heavy atom. The minimum Gasteiger partial charge on any atom is -0.493 e. The van der Waals surface area contributed by atoms with Gasteiger partial charge in [-0.2, -0.15) is 0 Å². The van der Waals surface area contributed by atoms with Gasteiger partial charge >= 0.3 is 0 Å². The summed E-state index contributed by atoms with van der Waals surface area (Å²) in [5, 5.41) is 5.20. The second-order valence-electron chi connectivity index (χ2n) is 7.24. The van der Waals surface area contributed by atoms with E-state index in [9.17, 15) is 4.79 Å². The Bertz CT molecular complexity index is 1080. The third-order valence-electron chi connectivity index (χ3n) is 4.70. The molecule has 0 atom stereocenters. The van der Waals surface area contributed by atoms with E-state index in [-0.39, 0.29) is 18.4 Å². The standard InChI is InChI=1S/C23H25BrN2O4S/c1-13(2)16-10-17(24)14(3)8-20(16)30-11-22(27)26-23-25-18(12-31-23)15-6-7-19(28-4)21(9-15)29-5/h6-10,12-13H,11H2,1-5H3,(H,25,26,27). The van der Waals surface area contributed by atoms with Crippen molar-refractivity contribution in [3.05, 3.63) is 51.3 Å². The highest BCUT2D eigenvalue weighted by Crippen LogP contribution is 2.34. The average molecular weight is 505 g/mol. The van der Waals surface area contributed by atoms with E-state index in [2.05, 4.69) is 40.1 Å². The maximum absolute atomic E-state index is 12.4. The molecule has 0 aliphatic carbocycles. The Morgan fingerprint density at radius 1 is 1.13 bits per heavy atom. The lowest BCUT2D eigenvalue weighted by Gasteiger charge is -2.15. The van der Waals surface area contributed by atoms with Gasteiger partial charge in [0.1, 0.15) is 5.75 Å². The fourth-order valence-electron chi connectivity index (χ4n) is 3.00. The van der Waals surface area contributed by atoms with Gasteiger partial charge in [0.15, 0.2) is 23.2 Å². The predicted molar refractivity (Wildman–Crippen MR) is 128 cm³/mol. The van der Waals surface area contributed by atoms with Crippen LogP contribution in [0.5, 0.6) is 17.2 Å². The Balaban J connectivity index is 1.67. The summed E-state index contributed by atoms with van der Waals surface area (Å²) in [5.41, 5.74) is 3.72. The van der Waals surface area contributed by atoms with Crippen LogP contribution in [0.4, 0.5) is 5.13 Å². The SMILES string of the molecule is COc1ccc(-c2csc(NC(=O)COc3cc(C)c(Br)cc3C(C)C)n2)cc1OC. The fourth-order valence-corrected chi connectivity index (χ4v) is 4.10. The van der Waals surface area contributed by atoms with Crippen molar-refractivity contribution >= 4 is 38.3 Å². The number of benzene rings is 2. The molecule has 3 rings (SSSR count). The summed E-state index contributed by atoms with van der Waals surface area (Å²) in [7, 11) is 3.18. The van der Waals surface area contributed by atoms with Gasteiger partial charge in [0.05, 0.1) is 19.9 Å². The van der Waals surface area contributed by atoms with Gasteiger partial charge in [-0.25, -0.2) is 4.98 Å². The third kappa shape index (κ3) is 5.57. The topological polar surface area (TPSA) is 69.7 Å². The highest BCUT2D eigenvalue weighted by molar-refractivity contribution is 9.10. The molecule has 3 aromatic rings. The molecule has 0 saturated heterocycles. The first-order valence-corrected chi connectivity index (χ1v) is 11.4. The number of amides is 1. The summed E-state index contributed by atoms with van der Waals surface area (Å²) in [6, 6.07) is 9.57. The van der Waals surface area contributed by atoms with Crippen LogP contribution in [-0.4, -0.2) is 31.7 Å². The Labute approximate surface area is 194 Å². The van der Waals surface area contributed by atoms with Crippen LogP contribution in [0.3, 0.4) is 0 Å². The largest absolute Gasteiger partial charge is 0.493 e. The zero-order valence-corrected chi connectivity index (χ0v) is 20.5. The van der Waals surface area contributed by atoms with Gasteiger partial charge in [-0.05, 0) is 54.3 Å². The monoisotopic (exact) mass is 504 g/mol. The molecule has 8 heteroatoms. The molecule has 1 heterocycles. The van der Waals surface area contributed by atoms with Crippen molar-refractivity contribution in [2.24, 2.45) is 0 Å². The van der Waals surface area contributed by atoms with Crippen molar-refractivity contribution in [3.63, 3.8) is 0 Å². The van der Waals surface area contributed by atoms with Crippen LogP contribution in [0, 0.1) is 6.92 Å². The van der Waals surface area contributed by atoms with Crippen molar-refractivity contribution in [2.45, 2.75) is 26.7 Å². The number of hydrogen-bond donors (Lipinski definition) is 1. The smallest absolute Gasteiger partial charge is 0.264 e. The second kappa shape index (κ2) is 10.2. The summed E-state index contributed by atoms with van der Waals surface area (Å²) >= 11 is 4.91. The van der Waals surface area contributed by atoms with E-state index in [1.807, 2.05) is 42.6 Å². The van der Waals surface area contributed by atoms with E-state index in [0.29, 0.717) is 16.6 Å². The molecule has 164 valence electrons. The second-order valence-corrected chi connectivity index (χ2v) is 8.95. The lowest BCUT2D eigenvalue weighted by atomic mass is 10.0. The van der Waals surface area contributed by atoms with Crippen molar-refractivity contribution < 1.29 is 19.0 Å². The Kier molecular flexibility index (Phi) is 7.56. The first-order chi connectivity index (χ1) is 14.8. The minimum atomic E-state index is -0.261. The van der Waals surface area contributed by atoms with Crippen molar-refractivity contribution in [1.82, 2.24) is 4.98 Å². The molecule has 31 heavy (non-hydrogen) atoms. The highest BCUT2D eigenvalue weighted by atomic mass is 79.9. The molecule has 1 N–H and O–H groups in total. The number of aromatic nitrogens is 1. The van der Waals surface area contributed by atoms with Crippen LogP contribution in [-0.2, 0) is 4.79 Å². The summed E-state index contributed by atoms with van der Waals surface area (Å²) in [4.78, 5) is 16.9. The van der Waals surface area contributed by atoms with E-state index in [1.165, 1.54) is 11.3 Å². The number of rotatable bonds is 8. The quantitative estimate of drug-likeness (QED) is 0.404. The number of halogens is 1. The van der Waals surface area contributed by atoms with E-state index in [4.69, 9.17) is 14.2 Å². The zero-order chi connectivity index (χ0) is 22.5. The van der Waals surface area contributed by atoms with Crippen LogP contribution < -0.4 is 19.5 Å². The van der Waals surface area contributed by atoms with Crippen LogP contribution in [0.2, 0.25) is 0 Å². The number of methoxy groups -OCH3 is 2. The molecule has 0 unspecified atom stereocenters. The predicted octanol–water partition coefficient (Wildman–Crippen LogP) is 6.04.